The summed E-state index contributed by atoms with van der Waals surface area (Å²) in [4.78, 5) is 19.6. The zero-order valence-electron chi connectivity index (χ0n) is 19.0. The minimum atomic E-state index is -0.557. The second-order valence-electron chi connectivity index (χ2n) is 9.37. The minimum absolute atomic E-state index is 0.0634. The number of aromatic hydroxyl groups is 1. The number of nitrogens with zero attached hydrogens (tertiary/aromatic N) is 5. The fourth-order valence-corrected chi connectivity index (χ4v) is 4.89. The Morgan fingerprint density at radius 1 is 1.18 bits per heavy atom. The molecule has 1 atom stereocenters. The van der Waals surface area contributed by atoms with Crippen molar-refractivity contribution in [1.29, 1.82) is 0 Å². The van der Waals surface area contributed by atoms with E-state index >= 15 is 0 Å². The maximum atomic E-state index is 14.5. The molecule has 4 heterocycles. The van der Waals surface area contributed by atoms with Crippen LogP contribution in [0.3, 0.4) is 0 Å². The molecule has 3 aromatic heterocycles. The predicted molar refractivity (Wildman–Crippen MR) is 127 cm³/mol. The summed E-state index contributed by atoms with van der Waals surface area (Å²) in [7, 11) is 1.79. The van der Waals surface area contributed by atoms with Crippen LogP contribution in [0.2, 0.25) is 0 Å². The second kappa shape index (κ2) is 7.69. The fraction of sp³-hybridized carbons (Fsp3) is 0.375. The van der Waals surface area contributed by atoms with Gasteiger partial charge < -0.3 is 25.0 Å². The van der Waals surface area contributed by atoms with Crippen LogP contribution in [0.25, 0.3) is 16.6 Å². The highest BCUT2D eigenvalue weighted by atomic mass is 19.1. The fourth-order valence-electron chi connectivity index (χ4n) is 4.89. The van der Waals surface area contributed by atoms with Crippen LogP contribution in [0.15, 0.2) is 30.7 Å². The lowest BCUT2D eigenvalue weighted by molar-refractivity contribution is 0.102. The third-order valence-corrected chi connectivity index (χ3v) is 6.56. The maximum absolute atomic E-state index is 14.5. The number of benzene rings is 1. The molecule has 0 unspecified atom stereocenters. The highest BCUT2D eigenvalue weighted by Crippen LogP contribution is 2.37. The summed E-state index contributed by atoms with van der Waals surface area (Å²) in [6, 6.07) is 3.92. The molecule has 0 spiro atoms. The average molecular weight is 464 g/mol. The third kappa shape index (κ3) is 3.63. The summed E-state index contributed by atoms with van der Waals surface area (Å²) >= 11 is 0. The highest BCUT2D eigenvalue weighted by molar-refractivity contribution is 6.16. The van der Waals surface area contributed by atoms with Crippen LogP contribution in [0.5, 0.6) is 5.75 Å². The Morgan fingerprint density at radius 2 is 2.00 bits per heavy atom. The number of amides is 1. The van der Waals surface area contributed by atoms with Crippen molar-refractivity contribution in [3.8, 4) is 5.75 Å². The van der Waals surface area contributed by atoms with E-state index in [2.05, 4.69) is 25.6 Å². The molecule has 1 aliphatic carbocycles. The van der Waals surface area contributed by atoms with E-state index in [1.165, 1.54) is 23.3 Å². The summed E-state index contributed by atoms with van der Waals surface area (Å²) in [6.07, 6.45) is 8.65. The number of hydrogen-bond donors (Lipinski definition) is 3. The standard InChI is InChI=1S/C24H26FN7O2/c1-13-9-32-11-16(7-18(25)23(32)26-13)28-24(34)21-20(33)8-19(17-12-30(2)29-22(17)21)31-6-5-15(10-31)27-14-3-4-14/h7-9,11-12,14-15,27,33H,3-6,10H2,1-2H3,(H,28,34)/t15-/m1/s1. The molecule has 176 valence electrons. The van der Waals surface area contributed by atoms with Crippen molar-refractivity contribution in [1.82, 2.24) is 24.5 Å². The summed E-state index contributed by atoms with van der Waals surface area (Å²) in [5.41, 5.74) is 2.45. The zero-order chi connectivity index (χ0) is 23.6. The number of halogens is 1. The van der Waals surface area contributed by atoms with Gasteiger partial charge in [-0.25, -0.2) is 9.37 Å². The van der Waals surface area contributed by atoms with E-state index in [-0.39, 0.29) is 22.6 Å². The highest BCUT2D eigenvalue weighted by Gasteiger charge is 2.31. The number of rotatable bonds is 5. The normalized spacial score (nSPS) is 18.3. The smallest absolute Gasteiger partial charge is 0.261 e. The summed E-state index contributed by atoms with van der Waals surface area (Å²) in [6.45, 7) is 3.48. The van der Waals surface area contributed by atoms with Gasteiger partial charge in [0.05, 0.1) is 17.1 Å². The van der Waals surface area contributed by atoms with Crippen molar-refractivity contribution in [2.24, 2.45) is 7.05 Å². The number of pyridine rings is 1. The topological polar surface area (TPSA) is 99.7 Å². The van der Waals surface area contributed by atoms with Gasteiger partial charge in [-0.15, -0.1) is 0 Å². The largest absolute Gasteiger partial charge is 0.507 e. The Labute approximate surface area is 195 Å². The van der Waals surface area contributed by atoms with Gasteiger partial charge in [-0.2, -0.15) is 5.10 Å². The molecule has 9 nitrogen and oxygen atoms in total. The van der Waals surface area contributed by atoms with Gasteiger partial charge >= 0.3 is 0 Å². The first kappa shape index (κ1) is 20.9. The predicted octanol–water partition coefficient (Wildman–Crippen LogP) is 2.96. The van der Waals surface area contributed by atoms with Crippen LogP contribution in [-0.2, 0) is 7.05 Å². The van der Waals surface area contributed by atoms with E-state index in [1.54, 1.807) is 37.1 Å². The minimum Gasteiger partial charge on any atom is -0.507 e. The number of carbonyl (C=O) groups excluding carboxylic acids is 1. The number of nitrogens with one attached hydrogen (secondary N) is 2. The number of phenols is 1. The first-order chi connectivity index (χ1) is 16.4. The van der Waals surface area contributed by atoms with Crippen LogP contribution >= 0.6 is 0 Å². The number of aryl methyl sites for hydroxylation is 2. The number of anilines is 2. The molecule has 10 heteroatoms. The van der Waals surface area contributed by atoms with Crippen molar-refractivity contribution >= 4 is 33.8 Å². The molecule has 1 amide bonds. The van der Waals surface area contributed by atoms with E-state index < -0.39 is 11.7 Å². The van der Waals surface area contributed by atoms with E-state index in [0.29, 0.717) is 23.3 Å². The van der Waals surface area contributed by atoms with Crippen molar-refractivity contribution in [2.45, 2.75) is 38.3 Å². The molecule has 34 heavy (non-hydrogen) atoms. The van der Waals surface area contributed by atoms with Crippen molar-refractivity contribution < 1.29 is 14.3 Å². The van der Waals surface area contributed by atoms with Crippen LogP contribution < -0.4 is 15.5 Å². The van der Waals surface area contributed by atoms with Crippen LogP contribution in [0, 0.1) is 12.7 Å². The van der Waals surface area contributed by atoms with Crippen molar-refractivity contribution in [3.05, 3.63) is 47.8 Å². The molecular weight excluding hydrogens is 437 g/mol. The summed E-state index contributed by atoms with van der Waals surface area (Å²) < 4.78 is 17.6. The molecule has 1 saturated carbocycles. The van der Waals surface area contributed by atoms with Gasteiger partial charge in [0.2, 0.25) is 0 Å². The number of hydrogen-bond acceptors (Lipinski definition) is 6. The lowest BCUT2D eigenvalue weighted by Gasteiger charge is -2.21. The molecule has 4 aromatic rings. The van der Waals surface area contributed by atoms with Crippen molar-refractivity contribution in [3.63, 3.8) is 0 Å². The molecule has 2 fully saturated rings. The first-order valence-electron chi connectivity index (χ1n) is 11.5. The van der Waals surface area contributed by atoms with Gasteiger partial charge in [0.15, 0.2) is 11.5 Å². The molecule has 3 N–H and O–H groups in total. The number of aromatic nitrogens is 4. The molecule has 0 radical (unpaired) electrons. The number of fused-ring (bicyclic) bond motifs is 2. The number of carbonyl (C=O) groups is 1. The average Bonchev–Trinajstić information content (AvgIpc) is 3.13. The Hall–Kier alpha value is -3.66. The SMILES string of the molecule is Cc1cn2cc(NC(=O)c3c(O)cc(N4CC[C@@H](NC5CC5)C4)c4cn(C)nc34)cc(F)c2n1. The maximum Gasteiger partial charge on any atom is 0.261 e. The summed E-state index contributed by atoms with van der Waals surface area (Å²) in [5.74, 6) is -1.26. The van der Waals surface area contributed by atoms with Crippen LogP contribution in [-0.4, -0.2) is 55.4 Å². The zero-order valence-corrected chi connectivity index (χ0v) is 19.0. The van der Waals surface area contributed by atoms with Crippen molar-refractivity contribution in [2.75, 3.05) is 23.3 Å². The lowest BCUT2D eigenvalue weighted by atomic mass is 10.1. The molecule has 1 saturated heterocycles. The third-order valence-electron chi connectivity index (χ3n) is 6.56. The number of phenolic OH excluding ortho intramolecular Hbond substituents is 1. The molecule has 2 aliphatic rings. The lowest BCUT2D eigenvalue weighted by Crippen LogP contribution is -2.34. The van der Waals surface area contributed by atoms with Crippen LogP contribution in [0.4, 0.5) is 15.8 Å². The second-order valence-corrected chi connectivity index (χ2v) is 9.37. The quantitative estimate of drug-likeness (QED) is 0.421. The molecule has 0 bridgehead atoms. The molecule has 1 aromatic carbocycles. The van der Waals surface area contributed by atoms with Gasteiger partial charge in [0.25, 0.3) is 5.91 Å². The van der Waals surface area contributed by atoms with Gasteiger partial charge in [0.1, 0.15) is 16.8 Å². The molecule has 1 aliphatic heterocycles. The van der Waals surface area contributed by atoms with E-state index in [0.717, 1.165) is 30.6 Å². The van der Waals surface area contributed by atoms with Gasteiger partial charge in [-0.3, -0.25) is 9.48 Å². The van der Waals surface area contributed by atoms with E-state index in [1.807, 2.05) is 6.20 Å². The Balaban J connectivity index is 1.33. The van der Waals surface area contributed by atoms with E-state index in [9.17, 15) is 14.3 Å². The Bertz CT molecular complexity index is 1440. The number of imidazole rings is 1. The van der Waals surface area contributed by atoms with Gasteiger partial charge in [-0.05, 0) is 26.2 Å². The molecular formula is C24H26FN7O2. The Morgan fingerprint density at radius 3 is 2.79 bits per heavy atom. The summed E-state index contributed by atoms with van der Waals surface area (Å²) in [5, 5.41) is 22.6. The van der Waals surface area contributed by atoms with Crippen LogP contribution in [0.1, 0.15) is 35.3 Å². The Kier molecular flexibility index (Phi) is 4.73. The van der Waals surface area contributed by atoms with Gasteiger partial charge in [0, 0.05) is 68.3 Å². The van der Waals surface area contributed by atoms with E-state index in [4.69, 9.17) is 0 Å². The first-order valence-corrected chi connectivity index (χ1v) is 11.5. The van der Waals surface area contributed by atoms with Gasteiger partial charge in [-0.1, -0.05) is 0 Å². The molecule has 6 rings (SSSR count). The monoisotopic (exact) mass is 463 g/mol.